The van der Waals surface area contributed by atoms with Crippen LogP contribution in [0.25, 0.3) is 10.2 Å². The monoisotopic (exact) mass is 444 g/mol. The molecule has 0 unspecified atom stereocenters. The molecule has 0 spiro atoms. The molecule has 0 N–H and O–H groups in total. The van der Waals surface area contributed by atoms with Crippen LogP contribution in [0.4, 0.5) is 11.4 Å². The Morgan fingerprint density at radius 1 is 1.06 bits per heavy atom. The first kappa shape index (κ1) is 20.5. The summed E-state index contributed by atoms with van der Waals surface area (Å²) in [5, 5.41) is 22.2. The van der Waals surface area contributed by atoms with Gasteiger partial charge in [0.05, 0.1) is 31.7 Å². The fourth-order valence-corrected chi connectivity index (χ4v) is 4.28. The van der Waals surface area contributed by atoms with Gasteiger partial charge >= 0.3 is 0 Å². The third-order valence-corrected chi connectivity index (χ3v) is 5.60. The molecule has 1 aromatic heterocycles. The molecule has 2 heterocycles. The fraction of sp³-hybridized carbons (Fsp3) is 0.263. The van der Waals surface area contributed by atoms with Crippen LogP contribution < -0.4 is 14.3 Å². The van der Waals surface area contributed by atoms with Crippen LogP contribution in [0.2, 0.25) is 0 Å². The Balaban J connectivity index is 1.85. The number of aromatic nitrogens is 1. The number of benzene rings is 2. The van der Waals surface area contributed by atoms with Crippen LogP contribution in [0, 0.1) is 20.2 Å². The zero-order valence-electron chi connectivity index (χ0n) is 16.3. The van der Waals surface area contributed by atoms with Crippen molar-refractivity contribution in [3.63, 3.8) is 0 Å². The van der Waals surface area contributed by atoms with E-state index >= 15 is 0 Å². The molecule has 0 fully saturated rings. The molecule has 1 amide bonds. The lowest BCUT2D eigenvalue weighted by atomic mass is 10.1. The highest BCUT2D eigenvalue weighted by atomic mass is 32.1. The Hall–Kier alpha value is -3.80. The molecule has 160 valence electrons. The maximum Gasteiger partial charge on any atom is 0.280 e. The van der Waals surface area contributed by atoms with Gasteiger partial charge in [-0.2, -0.15) is 4.99 Å². The minimum atomic E-state index is -0.805. The summed E-state index contributed by atoms with van der Waals surface area (Å²) in [5.41, 5.74) is -0.514. The third-order valence-electron chi connectivity index (χ3n) is 4.56. The van der Waals surface area contributed by atoms with Crippen LogP contribution >= 0.6 is 11.3 Å². The van der Waals surface area contributed by atoms with E-state index in [1.165, 1.54) is 11.3 Å². The van der Waals surface area contributed by atoms with Gasteiger partial charge in [0, 0.05) is 30.8 Å². The standard InChI is InChI=1S/C19H16N4O7S/c1-2-3-21-14-9-15-16(30-5-4-29-15)10-17(14)31-19(21)20-18(24)11-6-12(22(25)26)8-13(7-11)23(27)28/h6-10H,2-5H2,1H3. The first-order valence-electron chi connectivity index (χ1n) is 9.33. The highest BCUT2D eigenvalue weighted by Gasteiger charge is 2.21. The molecular formula is C19H16N4O7S. The zero-order valence-corrected chi connectivity index (χ0v) is 17.1. The number of non-ortho nitro benzene ring substituents is 2. The summed E-state index contributed by atoms with van der Waals surface area (Å²) in [6.45, 7) is 3.43. The molecule has 0 atom stereocenters. The summed E-state index contributed by atoms with van der Waals surface area (Å²) < 4.78 is 13.9. The largest absolute Gasteiger partial charge is 0.486 e. The van der Waals surface area contributed by atoms with Crippen molar-refractivity contribution < 1.29 is 24.1 Å². The normalized spacial score (nSPS) is 13.4. The van der Waals surface area contributed by atoms with Gasteiger partial charge in [0.15, 0.2) is 16.3 Å². The lowest BCUT2D eigenvalue weighted by molar-refractivity contribution is -0.394. The summed E-state index contributed by atoms with van der Waals surface area (Å²) in [4.78, 5) is 37.9. The van der Waals surface area contributed by atoms with Crippen molar-refractivity contribution in [2.75, 3.05) is 13.2 Å². The zero-order chi connectivity index (χ0) is 22.1. The van der Waals surface area contributed by atoms with Crippen molar-refractivity contribution >= 4 is 38.8 Å². The van der Waals surface area contributed by atoms with Crippen LogP contribution in [-0.4, -0.2) is 33.5 Å². The Kier molecular flexibility index (Phi) is 5.38. The van der Waals surface area contributed by atoms with Gasteiger partial charge in [-0.25, -0.2) is 0 Å². The SMILES string of the molecule is CCCn1c(=NC(=O)c2cc([N+](=O)[O-])cc([N+](=O)[O-])c2)sc2cc3c(cc21)OCCO3. The Morgan fingerprint density at radius 2 is 1.68 bits per heavy atom. The van der Waals surface area contributed by atoms with Gasteiger partial charge in [0.25, 0.3) is 17.3 Å². The average Bonchev–Trinajstić information content (AvgIpc) is 3.07. The Bertz CT molecular complexity index is 1260. The lowest BCUT2D eigenvalue weighted by Gasteiger charge is -2.18. The second kappa shape index (κ2) is 8.14. The molecule has 0 aliphatic carbocycles. The van der Waals surface area contributed by atoms with Crippen molar-refractivity contribution in [1.82, 2.24) is 4.57 Å². The Labute approximate surface area is 178 Å². The number of amides is 1. The molecule has 12 heteroatoms. The smallest absolute Gasteiger partial charge is 0.280 e. The molecule has 3 aromatic rings. The van der Waals surface area contributed by atoms with Crippen molar-refractivity contribution in [1.29, 1.82) is 0 Å². The van der Waals surface area contributed by atoms with E-state index in [0.717, 1.165) is 34.8 Å². The van der Waals surface area contributed by atoms with E-state index in [1.54, 1.807) is 0 Å². The minimum absolute atomic E-state index is 0.229. The molecule has 11 nitrogen and oxygen atoms in total. The third kappa shape index (κ3) is 3.97. The quantitative estimate of drug-likeness (QED) is 0.434. The van der Waals surface area contributed by atoms with Gasteiger partial charge in [-0.3, -0.25) is 25.0 Å². The van der Waals surface area contributed by atoms with Crippen LogP contribution in [0.15, 0.2) is 35.3 Å². The van der Waals surface area contributed by atoms with Crippen molar-refractivity contribution in [2.45, 2.75) is 19.9 Å². The summed E-state index contributed by atoms with van der Waals surface area (Å²) in [6, 6.07) is 6.42. The van der Waals surface area contributed by atoms with Gasteiger partial charge in [-0.05, 0) is 6.42 Å². The number of nitro benzene ring substituents is 2. The molecule has 0 bridgehead atoms. The minimum Gasteiger partial charge on any atom is -0.486 e. The topological polar surface area (TPSA) is 139 Å². The number of aryl methyl sites for hydroxylation is 1. The Morgan fingerprint density at radius 3 is 2.26 bits per heavy atom. The number of nitro groups is 2. The molecule has 2 aromatic carbocycles. The van der Waals surface area contributed by atoms with Crippen molar-refractivity contribution in [3.05, 3.63) is 60.9 Å². The van der Waals surface area contributed by atoms with E-state index in [-0.39, 0.29) is 5.56 Å². The van der Waals surface area contributed by atoms with Gasteiger partial charge in [0.2, 0.25) is 0 Å². The van der Waals surface area contributed by atoms with Crippen molar-refractivity contribution in [3.8, 4) is 11.5 Å². The van der Waals surface area contributed by atoms with E-state index < -0.39 is 27.1 Å². The number of ether oxygens (including phenoxy) is 2. The summed E-state index contributed by atoms with van der Waals surface area (Å²) in [7, 11) is 0. The molecular weight excluding hydrogens is 428 g/mol. The number of rotatable bonds is 5. The van der Waals surface area contributed by atoms with Crippen LogP contribution in [-0.2, 0) is 6.54 Å². The molecule has 31 heavy (non-hydrogen) atoms. The van der Waals surface area contributed by atoms with Gasteiger partial charge in [0.1, 0.15) is 13.2 Å². The lowest BCUT2D eigenvalue weighted by Crippen LogP contribution is -2.17. The average molecular weight is 444 g/mol. The number of hydrogen-bond acceptors (Lipinski definition) is 8. The van der Waals surface area contributed by atoms with E-state index in [4.69, 9.17) is 9.47 Å². The van der Waals surface area contributed by atoms with Gasteiger partial charge < -0.3 is 14.0 Å². The van der Waals surface area contributed by atoms with E-state index in [0.29, 0.717) is 36.1 Å². The van der Waals surface area contributed by atoms with E-state index in [1.807, 2.05) is 23.6 Å². The molecule has 0 saturated heterocycles. The maximum atomic E-state index is 12.8. The molecule has 0 saturated carbocycles. The van der Waals surface area contributed by atoms with Crippen LogP contribution in [0.5, 0.6) is 11.5 Å². The fourth-order valence-electron chi connectivity index (χ4n) is 3.21. The second-order valence-corrected chi connectivity index (χ2v) is 7.68. The number of carbonyl (C=O) groups excluding carboxylic acids is 1. The van der Waals surface area contributed by atoms with E-state index in [2.05, 4.69) is 4.99 Å². The second-order valence-electron chi connectivity index (χ2n) is 6.67. The first-order valence-corrected chi connectivity index (χ1v) is 10.1. The predicted molar refractivity (Wildman–Crippen MR) is 111 cm³/mol. The summed E-state index contributed by atoms with van der Waals surface area (Å²) in [5.74, 6) is 0.407. The number of carbonyl (C=O) groups is 1. The van der Waals surface area contributed by atoms with Gasteiger partial charge in [-0.1, -0.05) is 18.3 Å². The van der Waals surface area contributed by atoms with Crippen LogP contribution in [0.3, 0.4) is 0 Å². The summed E-state index contributed by atoms with van der Waals surface area (Å²) >= 11 is 1.25. The number of hydrogen-bond donors (Lipinski definition) is 0. The summed E-state index contributed by atoms with van der Waals surface area (Å²) in [6.07, 6.45) is 0.768. The number of fused-ring (bicyclic) bond motifs is 2. The number of nitrogens with zero attached hydrogens (tertiary/aromatic N) is 4. The molecule has 1 aliphatic rings. The maximum absolute atomic E-state index is 12.8. The first-order chi connectivity index (χ1) is 14.9. The highest BCUT2D eigenvalue weighted by Crippen LogP contribution is 2.35. The van der Waals surface area contributed by atoms with E-state index in [9.17, 15) is 25.0 Å². The molecule has 1 aliphatic heterocycles. The molecule has 0 radical (unpaired) electrons. The predicted octanol–water partition coefficient (Wildman–Crippen LogP) is 3.44. The van der Waals surface area contributed by atoms with Gasteiger partial charge in [-0.15, -0.1) is 0 Å². The van der Waals surface area contributed by atoms with Crippen molar-refractivity contribution in [2.24, 2.45) is 4.99 Å². The number of thiazole rings is 1. The highest BCUT2D eigenvalue weighted by molar-refractivity contribution is 7.16. The molecule has 4 rings (SSSR count). The van der Waals surface area contributed by atoms with Crippen LogP contribution in [0.1, 0.15) is 23.7 Å².